The van der Waals surface area contributed by atoms with Gasteiger partial charge in [-0.05, 0) is 55.8 Å². The van der Waals surface area contributed by atoms with Crippen LogP contribution in [0, 0.1) is 5.92 Å². The first-order valence-corrected chi connectivity index (χ1v) is 9.91. The van der Waals surface area contributed by atoms with Gasteiger partial charge in [-0.3, -0.25) is 0 Å². The Labute approximate surface area is 160 Å². The maximum Gasteiger partial charge on any atom is 0.224 e. The Morgan fingerprint density at radius 2 is 2.04 bits per heavy atom. The molecular formula is C21H26N6. The summed E-state index contributed by atoms with van der Waals surface area (Å²) in [6.45, 7) is 7.35. The van der Waals surface area contributed by atoms with E-state index in [1.165, 1.54) is 24.0 Å². The van der Waals surface area contributed by atoms with Crippen molar-refractivity contribution in [2.45, 2.75) is 31.7 Å². The summed E-state index contributed by atoms with van der Waals surface area (Å²) >= 11 is 0. The Hall–Kier alpha value is -2.60. The lowest BCUT2D eigenvalue weighted by Gasteiger charge is -2.26. The highest BCUT2D eigenvalue weighted by Crippen LogP contribution is 2.39. The average Bonchev–Trinajstić information content (AvgIpc) is 3.26. The smallest absolute Gasteiger partial charge is 0.224 e. The molecule has 27 heavy (non-hydrogen) atoms. The van der Waals surface area contributed by atoms with Gasteiger partial charge in [0.2, 0.25) is 5.95 Å². The lowest BCUT2D eigenvalue weighted by atomic mass is 10.00. The number of piperidine rings is 1. The van der Waals surface area contributed by atoms with Crippen LogP contribution >= 0.6 is 0 Å². The molecule has 0 unspecified atom stereocenters. The number of anilines is 3. The molecule has 3 N–H and O–H groups in total. The quantitative estimate of drug-likeness (QED) is 0.777. The summed E-state index contributed by atoms with van der Waals surface area (Å²) in [4.78, 5) is 11.6. The molecule has 1 saturated heterocycles. The third-order valence-electron chi connectivity index (χ3n) is 5.91. The second-order valence-electron chi connectivity index (χ2n) is 7.80. The minimum absolute atomic E-state index is 0.356. The molecule has 2 aromatic rings. The van der Waals surface area contributed by atoms with Crippen molar-refractivity contribution in [3.8, 4) is 0 Å². The molecular weight excluding hydrogens is 336 g/mol. The lowest BCUT2D eigenvalue weighted by Crippen LogP contribution is -2.34. The molecule has 6 heteroatoms. The second kappa shape index (κ2) is 6.85. The van der Waals surface area contributed by atoms with Crippen LogP contribution in [0.1, 0.15) is 24.0 Å². The fourth-order valence-electron chi connectivity index (χ4n) is 4.52. The van der Waals surface area contributed by atoms with Gasteiger partial charge in [0.1, 0.15) is 11.5 Å². The summed E-state index contributed by atoms with van der Waals surface area (Å²) < 4.78 is 0. The predicted octanol–water partition coefficient (Wildman–Crippen LogP) is 2.76. The van der Waals surface area contributed by atoms with Crippen LogP contribution in [0.5, 0.6) is 0 Å². The van der Waals surface area contributed by atoms with Gasteiger partial charge in [-0.25, -0.2) is 4.98 Å². The monoisotopic (exact) mass is 362 g/mol. The highest BCUT2D eigenvalue weighted by atomic mass is 15.4. The molecule has 0 radical (unpaired) electrons. The summed E-state index contributed by atoms with van der Waals surface area (Å²) in [5.41, 5.74) is 3.81. The molecule has 1 aliphatic carbocycles. The molecule has 3 heterocycles. The number of nitrogens with zero attached hydrogens (tertiary/aromatic N) is 3. The van der Waals surface area contributed by atoms with E-state index in [0.717, 1.165) is 49.8 Å². The van der Waals surface area contributed by atoms with Crippen molar-refractivity contribution < 1.29 is 0 Å². The minimum atomic E-state index is 0.356. The molecule has 0 amide bonds. The molecule has 3 aliphatic rings. The van der Waals surface area contributed by atoms with Crippen molar-refractivity contribution in [1.29, 1.82) is 0 Å². The summed E-state index contributed by atoms with van der Waals surface area (Å²) in [7, 11) is 0. The fraction of sp³-hybridized carbons (Fsp3) is 0.429. The van der Waals surface area contributed by atoms with E-state index >= 15 is 0 Å². The molecule has 6 nitrogen and oxygen atoms in total. The van der Waals surface area contributed by atoms with E-state index in [-0.39, 0.29) is 0 Å². The Morgan fingerprint density at radius 3 is 2.78 bits per heavy atom. The number of rotatable bonds is 4. The van der Waals surface area contributed by atoms with E-state index in [2.05, 4.69) is 56.7 Å². The minimum Gasteiger partial charge on any atom is -0.354 e. The summed E-state index contributed by atoms with van der Waals surface area (Å²) in [5, 5.41) is 10.3. The molecule has 2 aliphatic heterocycles. The Balaban J connectivity index is 1.33. The summed E-state index contributed by atoms with van der Waals surface area (Å²) in [5.74, 6) is 3.18. The molecule has 1 fully saturated rings. The van der Waals surface area contributed by atoms with Crippen LogP contribution in [-0.2, 0) is 12.8 Å². The van der Waals surface area contributed by atoms with Crippen molar-refractivity contribution in [1.82, 2.24) is 15.3 Å². The lowest BCUT2D eigenvalue weighted by molar-refractivity contribution is 0.392. The average molecular weight is 362 g/mol. The van der Waals surface area contributed by atoms with Gasteiger partial charge in [0.25, 0.3) is 0 Å². The van der Waals surface area contributed by atoms with Crippen molar-refractivity contribution in [3.05, 3.63) is 54.0 Å². The van der Waals surface area contributed by atoms with Gasteiger partial charge in [-0.15, -0.1) is 0 Å². The first-order chi connectivity index (χ1) is 13.3. The van der Waals surface area contributed by atoms with Crippen LogP contribution in [0.3, 0.4) is 0 Å². The SMILES string of the molecule is C=C1Nc2cnc(NC[C@H]3CCCNC3)nc2N1C1Cc2ccccc2C1. The van der Waals surface area contributed by atoms with E-state index in [1.807, 2.05) is 6.20 Å². The number of aromatic nitrogens is 2. The first-order valence-electron chi connectivity index (χ1n) is 9.91. The van der Waals surface area contributed by atoms with Gasteiger partial charge in [-0.1, -0.05) is 30.8 Å². The van der Waals surface area contributed by atoms with Gasteiger partial charge in [0.05, 0.1) is 6.20 Å². The van der Waals surface area contributed by atoms with Crippen LogP contribution in [0.25, 0.3) is 0 Å². The van der Waals surface area contributed by atoms with E-state index in [9.17, 15) is 0 Å². The normalized spacial score (nSPS) is 21.7. The van der Waals surface area contributed by atoms with E-state index in [0.29, 0.717) is 17.9 Å². The second-order valence-corrected chi connectivity index (χ2v) is 7.80. The Morgan fingerprint density at radius 1 is 1.22 bits per heavy atom. The van der Waals surface area contributed by atoms with E-state index in [1.54, 1.807) is 0 Å². The van der Waals surface area contributed by atoms with Crippen LogP contribution in [0.2, 0.25) is 0 Å². The molecule has 0 spiro atoms. The third kappa shape index (κ3) is 3.14. The van der Waals surface area contributed by atoms with Gasteiger partial charge in [-0.2, -0.15) is 4.98 Å². The van der Waals surface area contributed by atoms with Crippen molar-refractivity contribution in [2.24, 2.45) is 5.92 Å². The van der Waals surface area contributed by atoms with Crippen molar-refractivity contribution in [3.63, 3.8) is 0 Å². The zero-order valence-electron chi connectivity index (χ0n) is 15.5. The van der Waals surface area contributed by atoms with Gasteiger partial charge in [0, 0.05) is 12.6 Å². The van der Waals surface area contributed by atoms with Crippen LogP contribution in [-0.4, -0.2) is 35.6 Å². The maximum absolute atomic E-state index is 4.84. The van der Waals surface area contributed by atoms with Crippen molar-refractivity contribution in [2.75, 3.05) is 35.2 Å². The molecule has 1 aromatic heterocycles. The molecule has 5 rings (SSSR count). The molecule has 140 valence electrons. The number of hydrogen-bond donors (Lipinski definition) is 3. The van der Waals surface area contributed by atoms with E-state index in [4.69, 9.17) is 4.98 Å². The summed E-state index contributed by atoms with van der Waals surface area (Å²) in [6, 6.07) is 9.06. The zero-order valence-corrected chi connectivity index (χ0v) is 15.5. The van der Waals surface area contributed by atoms with E-state index < -0.39 is 0 Å². The molecule has 1 atom stereocenters. The number of hydrogen-bond acceptors (Lipinski definition) is 6. The molecule has 1 aromatic carbocycles. The van der Waals surface area contributed by atoms with Gasteiger partial charge < -0.3 is 20.9 Å². The zero-order chi connectivity index (χ0) is 18.2. The van der Waals surface area contributed by atoms with Crippen LogP contribution in [0.4, 0.5) is 17.5 Å². The number of nitrogens with one attached hydrogen (secondary N) is 3. The number of benzene rings is 1. The standard InChI is InChI=1S/C21H26N6/c1-14-25-19-13-24-21(23-12-15-5-4-8-22-11-15)26-20(19)27(14)18-9-16-6-2-3-7-17(16)10-18/h2-3,6-7,13,15,18,22,25H,1,4-5,8-12H2,(H,23,24,26)/t15-/m0/s1. The van der Waals surface area contributed by atoms with Gasteiger partial charge >= 0.3 is 0 Å². The van der Waals surface area contributed by atoms with Crippen LogP contribution in [0.15, 0.2) is 42.9 Å². The van der Waals surface area contributed by atoms with Crippen molar-refractivity contribution >= 4 is 17.5 Å². The Bertz CT molecular complexity index is 833. The first kappa shape index (κ1) is 16.6. The maximum atomic E-state index is 4.84. The fourth-order valence-corrected chi connectivity index (χ4v) is 4.52. The number of fused-ring (bicyclic) bond motifs is 2. The van der Waals surface area contributed by atoms with Gasteiger partial charge in [0.15, 0.2) is 5.82 Å². The molecule has 0 saturated carbocycles. The Kier molecular flexibility index (Phi) is 4.20. The highest BCUT2D eigenvalue weighted by Gasteiger charge is 2.34. The summed E-state index contributed by atoms with van der Waals surface area (Å²) in [6.07, 6.45) is 6.43. The highest BCUT2D eigenvalue weighted by molar-refractivity contribution is 5.78. The largest absolute Gasteiger partial charge is 0.354 e. The van der Waals surface area contributed by atoms with Crippen LogP contribution < -0.4 is 20.9 Å². The molecule has 0 bridgehead atoms. The topological polar surface area (TPSA) is 65.1 Å². The predicted molar refractivity (Wildman–Crippen MR) is 109 cm³/mol. The third-order valence-corrected chi connectivity index (χ3v) is 5.91.